The summed E-state index contributed by atoms with van der Waals surface area (Å²) in [6.07, 6.45) is 1.17. The predicted octanol–water partition coefficient (Wildman–Crippen LogP) is 3.07. The molecule has 2 heteroatoms. The first-order valence-corrected chi connectivity index (χ1v) is 5.74. The maximum atomic E-state index is 4.52. The van der Waals surface area contributed by atoms with Crippen LogP contribution in [0.15, 0.2) is 6.07 Å². The van der Waals surface area contributed by atoms with E-state index in [2.05, 4.69) is 44.1 Å². The molecule has 0 amide bonds. The van der Waals surface area contributed by atoms with Crippen LogP contribution in [-0.4, -0.2) is 11.5 Å². The van der Waals surface area contributed by atoms with Gasteiger partial charge in [0, 0.05) is 17.4 Å². The van der Waals surface area contributed by atoms with E-state index in [4.69, 9.17) is 0 Å². The molecule has 0 spiro atoms. The van der Waals surface area contributed by atoms with Crippen LogP contribution in [-0.2, 0) is 0 Å². The van der Waals surface area contributed by atoms with Gasteiger partial charge in [-0.05, 0) is 57.9 Å². The highest BCUT2D eigenvalue weighted by atomic mass is 14.9. The number of rotatable bonds is 4. The normalized spacial score (nSPS) is 12.9. The third kappa shape index (κ3) is 3.03. The van der Waals surface area contributed by atoms with E-state index in [1.807, 2.05) is 6.92 Å². The van der Waals surface area contributed by atoms with Gasteiger partial charge in [0.15, 0.2) is 0 Å². The highest BCUT2D eigenvalue weighted by Crippen LogP contribution is 2.20. The fourth-order valence-electron chi connectivity index (χ4n) is 2.15. The van der Waals surface area contributed by atoms with E-state index in [1.165, 1.54) is 17.5 Å². The van der Waals surface area contributed by atoms with E-state index in [0.29, 0.717) is 6.04 Å². The van der Waals surface area contributed by atoms with E-state index < -0.39 is 0 Å². The van der Waals surface area contributed by atoms with Gasteiger partial charge < -0.3 is 5.32 Å². The first-order valence-electron chi connectivity index (χ1n) is 5.74. The SMILES string of the molecule is CCCNC(C)c1c(C)cc(C)nc1C. The van der Waals surface area contributed by atoms with Crippen molar-refractivity contribution in [2.75, 3.05) is 6.54 Å². The van der Waals surface area contributed by atoms with E-state index in [1.54, 1.807) is 0 Å². The molecule has 1 rings (SSSR count). The van der Waals surface area contributed by atoms with Gasteiger partial charge in [-0.3, -0.25) is 4.98 Å². The quantitative estimate of drug-likeness (QED) is 0.819. The van der Waals surface area contributed by atoms with Gasteiger partial charge in [0.05, 0.1) is 0 Å². The Morgan fingerprint density at radius 1 is 1.33 bits per heavy atom. The Labute approximate surface area is 93.1 Å². The molecular formula is C13H22N2. The molecule has 0 aromatic carbocycles. The summed E-state index contributed by atoms with van der Waals surface area (Å²) in [7, 11) is 0. The van der Waals surface area contributed by atoms with Gasteiger partial charge >= 0.3 is 0 Å². The fraction of sp³-hybridized carbons (Fsp3) is 0.615. The number of aryl methyl sites for hydroxylation is 3. The predicted molar refractivity (Wildman–Crippen MR) is 65.2 cm³/mol. The number of nitrogens with zero attached hydrogens (tertiary/aromatic N) is 1. The monoisotopic (exact) mass is 206 g/mol. The Kier molecular flexibility index (Phi) is 4.28. The van der Waals surface area contributed by atoms with Crippen molar-refractivity contribution in [1.82, 2.24) is 10.3 Å². The Morgan fingerprint density at radius 2 is 2.00 bits per heavy atom. The highest BCUT2D eigenvalue weighted by molar-refractivity contribution is 5.33. The zero-order valence-corrected chi connectivity index (χ0v) is 10.5. The molecule has 1 aromatic heterocycles. The third-order valence-corrected chi connectivity index (χ3v) is 2.72. The molecule has 0 aliphatic rings. The summed E-state index contributed by atoms with van der Waals surface area (Å²) in [5.41, 5.74) is 4.96. The number of hydrogen-bond acceptors (Lipinski definition) is 2. The standard InChI is InChI=1S/C13H22N2/c1-6-7-14-11(4)13-9(2)8-10(3)15-12(13)5/h8,11,14H,6-7H2,1-5H3. The zero-order valence-electron chi connectivity index (χ0n) is 10.5. The molecule has 0 aliphatic carbocycles. The van der Waals surface area contributed by atoms with Crippen molar-refractivity contribution in [3.05, 3.63) is 28.6 Å². The van der Waals surface area contributed by atoms with Crippen molar-refractivity contribution in [3.8, 4) is 0 Å². The molecule has 2 nitrogen and oxygen atoms in total. The lowest BCUT2D eigenvalue weighted by Gasteiger charge is -2.18. The second-order valence-electron chi connectivity index (χ2n) is 4.26. The molecule has 0 saturated carbocycles. The molecule has 15 heavy (non-hydrogen) atoms. The fourth-order valence-corrected chi connectivity index (χ4v) is 2.15. The van der Waals surface area contributed by atoms with Gasteiger partial charge in [0.1, 0.15) is 0 Å². The molecule has 1 heterocycles. The minimum Gasteiger partial charge on any atom is -0.310 e. The van der Waals surface area contributed by atoms with Gasteiger partial charge in [0.25, 0.3) is 0 Å². The summed E-state index contributed by atoms with van der Waals surface area (Å²) in [5.74, 6) is 0. The van der Waals surface area contributed by atoms with Crippen LogP contribution in [0.5, 0.6) is 0 Å². The molecule has 1 N–H and O–H groups in total. The topological polar surface area (TPSA) is 24.9 Å². The molecule has 1 aromatic rings. The lowest BCUT2D eigenvalue weighted by atomic mass is 10.0. The van der Waals surface area contributed by atoms with Gasteiger partial charge in [-0.15, -0.1) is 0 Å². The van der Waals surface area contributed by atoms with Crippen molar-refractivity contribution in [3.63, 3.8) is 0 Å². The lowest BCUT2D eigenvalue weighted by Crippen LogP contribution is -2.21. The summed E-state index contributed by atoms with van der Waals surface area (Å²) in [6, 6.07) is 2.56. The molecule has 1 unspecified atom stereocenters. The van der Waals surface area contributed by atoms with Gasteiger partial charge in [0.2, 0.25) is 0 Å². The first kappa shape index (κ1) is 12.2. The van der Waals surface area contributed by atoms with E-state index in [-0.39, 0.29) is 0 Å². The van der Waals surface area contributed by atoms with Crippen LogP contribution >= 0.6 is 0 Å². The summed E-state index contributed by atoms with van der Waals surface area (Å²) < 4.78 is 0. The average molecular weight is 206 g/mol. The van der Waals surface area contributed by atoms with Crippen LogP contribution in [0.4, 0.5) is 0 Å². The summed E-state index contributed by atoms with van der Waals surface area (Å²) >= 11 is 0. The molecule has 0 radical (unpaired) electrons. The van der Waals surface area contributed by atoms with E-state index in [9.17, 15) is 0 Å². The average Bonchev–Trinajstić information content (AvgIpc) is 2.12. The first-order chi connectivity index (χ1) is 7.06. The van der Waals surface area contributed by atoms with E-state index in [0.717, 1.165) is 17.9 Å². The smallest absolute Gasteiger partial charge is 0.0426 e. The zero-order chi connectivity index (χ0) is 11.4. The van der Waals surface area contributed by atoms with Gasteiger partial charge in [-0.1, -0.05) is 6.92 Å². The van der Waals surface area contributed by atoms with Crippen molar-refractivity contribution in [2.24, 2.45) is 0 Å². The molecule has 0 aliphatic heterocycles. The van der Waals surface area contributed by atoms with Crippen molar-refractivity contribution in [1.29, 1.82) is 0 Å². The minimum atomic E-state index is 0.401. The van der Waals surface area contributed by atoms with Crippen molar-refractivity contribution in [2.45, 2.75) is 47.1 Å². The van der Waals surface area contributed by atoms with Crippen LogP contribution in [0.2, 0.25) is 0 Å². The maximum absolute atomic E-state index is 4.52. The molecule has 0 bridgehead atoms. The van der Waals surface area contributed by atoms with Crippen molar-refractivity contribution < 1.29 is 0 Å². The van der Waals surface area contributed by atoms with Crippen LogP contribution in [0.1, 0.15) is 48.8 Å². The van der Waals surface area contributed by atoms with Crippen LogP contribution in [0.25, 0.3) is 0 Å². The maximum Gasteiger partial charge on any atom is 0.0426 e. The Morgan fingerprint density at radius 3 is 2.53 bits per heavy atom. The third-order valence-electron chi connectivity index (χ3n) is 2.72. The van der Waals surface area contributed by atoms with Crippen molar-refractivity contribution >= 4 is 0 Å². The number of aromatic nitrogens is 1. The molecule has 84 valence electrons. The van der Waals surface area contributed by atoms with Crippen LogP contribution < -0.4 is 5.32 Å². The van der Waals surface area contributed by atoms with Crippen LogP contribution in [0.3, 0.4) is 0 Å². The Hall–Kier alpha value is -0.890. The number of hydrogen-bond donors (Lipinski definition) is 1. The molecule has 1 atom stereocenters. The van der Waals surface area contributed by atoms with Gasteiger partial charge in [-0.25, -0.2) is 0 Å². The summed E-state index contributed by atoms with van der Waals surface area (Å²) in [5, 5.41) is 3.51. The van der Waals surface area contributed by atoms with Gasteiger partial charge in [-0.2, -0.15) is 0 Å². The highest BCUT2D eigenvalue weighted by Gasteiger charge is 2.11. The summed E-state index contributed by atoms with van der Waals surface area (Å²) in [6.45, 7) is 11.8. The van der Waals surface area contributed by atoms with E-state index >= 15 is 0 Å². The minimum absolute atomic E-state index is 0.401. The lowest BCUT2D eigenvalue weighted by molar-refractivity contribution is 0.563. The number of nitrogens with one attached hydrogen (secondary N) is 1. The molecular weight excluding hydrogens is 184 g/mol. The Bertz CT molecular complexity index is 308. The largest absolute Gasteiger partial charge is 0.310 e. The number of pyridine rings is 1. The second-order valence-corrected chi connectivity index (χ2v) is 4.26. The summed E-state index contributed by atoms with van der Waals surface area (Å²) in [4.78, 5) is 4.52. The Balaban J connectivity index is 2.92. The van der Waals surface area contributed by atoms with Crippen LogP contribution in [0, 0.1) is 20.8 Å². The second kappa shape index (κ2) is 5.26. The molecule has 0 saturated heterocycles. The molecule has 0 fully saturated rings.